The quantitative estimate of drug-likeness (QED) is 0.254. The van der Waals surface area contributed by atoms with Crippen LogP contribution in [-0.2, 0) is 14.2 Å². The zero-order valence-corrected chi connectivity index (χ0v) is 31.7. The van der Waals surface area contributed by atoms with E-state index in [1.807, 2.05) is 26.8 Å². The lowest BCUT2D eigenvalue weighted by atomic mass is 9.33. The van der Waals surface area contributed by atoms with Gasteiger partial charge in [-0.1, -0.05) is 46.8 Å². The van der Waals surface area contributed by atoms with Crippen LogP contribution in [0.4, 0.5) is 9.18 Å². The number of hydrogen-bond acceptors (Lipinski definition) is 5. The van der Waals surface area contributed by atoms with Crippen LogP contribution in [0.3, 0.4) is 0 Å². The molecule has 1 heterocycles. The molecule has 5 aliphatic carbocycles. The van der Waals surface area contributed by atoms with Crippen molar-refractivity contribution < 1.29 is 28.2 Å². The highest BCUT2D eigenvalue weighted by atomic mass is 19.1. The highest BCUT2D eigenvalue weighted by molar-refractivity contribution is 5.90. The third kappa shape index (κ3) is 5.08. The van der Waals surface area contributed by atoms with E-state index in [2.05, 4.69) is 52.9 Å². The van der Waals surface area contributed by atoms with Gasteiger partial charge < -0.3 is 19.5 Å². The Morgan fingerprint density at radius 3 is 2.24 bits per heavy atom. The molecule has 270 valence electrons. The normalized spacial score (nSPS) is 43.6. The fraction of sp³-hybridized carbons (Fsp3) is 0.762. The van der Waals surface area contributed by atoms with Gasteiger partial charge in [0.05, 0.1) is 24.9 Å². The lowest BCUT2D eigenvalue weighted by molar-refractivity contribution is -0.221. The average Bonchev–Trinajstić information content (AvgIpc) is 3.63. The van der Waals surface area contributed by atoms with Crippen molar-refractivity contribution in [3.8, 4) is 0 Å². The standard InChI is InChI=1S/C42H60FNO5/c1-36(2,3)49-35(46)44-42-20-16-29(41(9)24-48-41)33(42)28-13-14-32-38(6)18-15-27(25-11-12-26(30(43)23-25)34(45)47-10)37(4,5)31(38)17-19-40(32,8)39(28,7)21-22-42/h11-12,15,23,28-29,31-33H,13-14,16-22,24H2,1-10H3,(H,44,46)/t28-,29-,31+,32-,33+,38+,39-,40-,41?,42+/m1/s1. The number of hydrogen-bond donors (Lipinski definition) is 1. The number of carbonyl (C=O) groups is 2. The fourth-order valence-electron chi connectivity index (χ4n) is 13.4. The molecule has 6 aliphatic rings. The number of esters is 1. The summed E-state index contributed by atoms with van der Waals surface area (Å²) >= 11 is 0. The summed E-state index contributed by atoms with van der Waals surface area (Å²) in [6, 6.07) is 5.00. The van der Waals surface area contributed by atoms with Gasteiger partial charge in [-0.2, -0.15) is 0 Å². The number of epoxide rings is 1. The van der Waals surface area contributed by atoms with Crippen molar-refractivity contribution >= 4 is 17.6 Å². The second kappa shape index (κ2) is 11.0. The lowest BCUT2D eigenvalue weighted by Gasteiger charge is -2.72. The number of fused-ring (bicyclic) bond motifs is 7. The molecule has 1 amide bonds. The van der Waals surface area contributed by atoms with Crippen molar-refractivity contribution in [3.63, 3.8) is 0 Å². The number of nitrogens with one attached hydrogen (secondary N) is 1. The first-order valence-electron chi connectivity index (χ1n) is 19.0. The Labute approximate surface area is 293 Å². The number of benzene rings is 1. The number of ether oxygens (including phenoxy) is 3. The number of amides is 1. The van der Waals surface area contributed by atoms with E-state index < -0.39 is 17.4 Å². The third-order valence-corrected chi connectivity index (χ3v) is 15.8. The molecular weight excluding hydrogens is 617 g/mol. The van der Waals surface area contributed by atoms with Gasteiger partial charge in [-0.05, 0) is 160 Å². The van der Waals surface area contributed by atoms with Crippen LogP contribution < -0.4 is 5.32 Å². The minimum Gasteiger partial charge on any atom is -0.465 e. The summed E-state index contributed by atoms with van der Waals surface area (Å²) in [5, 5.41) is 3.54. The van der Waals surface area contributed by atoms with Gasteiger partial charge in [-0.3, -0.25) is 0 Å². The Kier molecular flexibility index (Phi) is 7.89. The van der Waals surface area contributed by atoms with Gasteiger partial charge in [0.2, 0.25) is 0 Å². The molecule has 49 heavy (non-hydrogen) atoms. The number of carbonyl (C=O) groups excluding carboxylic acids is 2. The number of allylic oxidation sites excluding steroid dienone is 2. The highest BCUT2D eigenvalue weighted by Crippen LogP contribution is 2.77. The van der Waals surface area contributed by atoms with E-state index in [-0.39, 0.29) is 44.5 Å². The topological polar surface area (TPSA) is 77.2 Å². The van der Waals surface area contributed by atoms with Crippen molar-refractivity contribution in [2.24, 2.45) is 51.2 Å². The van der Waals surface area contributed by atoms with Crippen LogP contribution in [0.1, 0.15) is 136 Å². The van der Waals surface area contributed by atoms with Crippen molar-refractivity contribution in [1.29, 1.82) is 0 Å². The predicted molar refractivity (Wildman–Crippen MR) is 189 cm³/mol. The van der Waals surface area contributed by atoms with Crippen LogP contribution in [0.5, 0.6) is 0 Å². The first-order chi connectivity index (χ1) is 22.7. The van der Waals surface area contributed by atoms with Gasteiger partial charge in [-0.15, -0.1) is 0 Å². The molecule has 6 nitrogen and oxygen atoms in total. The lowest BCUT2D eigenvalue weighted by Crippen LogP contribution is -2.68. The second-order valence-electron chi connectivity index (χ2n) is 19.5. The summed E-state index contributed by atoms with van der Waals surface area (Å²) in [5.41, 5.74) is 1.42. The molecule has 5 fully saturated rings. The summed E-state index contributed by atoms with van der Waals surface area (Å²) in [4.78, 5) is 25.5. The maximum atomic E-state index is 15.2. The van der Waals surface area contributed by atoms with E-state index >= 15 is 4.39 Å². The molecule has 7 rings (SSSR count). The van der Waals surface area contributed by atoms with E-state index in [4.69, 9.17) is 14.2 Å². The van der Waals surface area contributed by atoms with E-state index in [1.165, 1.54) is 38.0 Å². The Balaban J connectivity index is 1.21. The number of methoxy groups -OCH3 is 1. The Morgan fingerprint density at radius 2 is 1.61 bits per heavy atom. The van der Waals surface area contributed by atoms with Gasteiger partial charge in [0.25, 0.3) is 0 Å². The number of alkyl carbamates (subject to hydrolysis) is 1. The highest BCUT2D eigenvalue weighted by Gasteiger charge is 2.72. The van der Waals surface area contributed by atoms with Crippen LogP contribution in [0, 0.1) is 57.1 Å². The Morgan fingerprint density at radius 1 is 0.898 bits per heavy atom. The monoisotopic (exact) mass is 677 g/mol. The molecule has 10 atom stereocenters. The van der Waals surface area contributed by atoms with Gasteiger partial charge in [0.1, 0.15) is 11.4 Å². The van der Waals surface area contributed by atoms with Gasteiger partial charge in [-0.25, -0.2) is 14.0 Å². The zero-order valence-electron chi connectivity index (χ0n) is 31.7. The maximum Gasteiger partial charge on any atom is 0.408 e. The first-order valence-corrected chi connectivity index (χ1v) is 19.0. The maximum absolute atomic E-state index is 15.2. The van der Waals surface area contributed by atoms with E-state index in [9.17, 15) is 9.59 Å². The predicted octanol–water partition coefficient (Wildman–Crippen LogP) is 9.75. The largest absolute Gasteiger partial charge is 0.465 e. The SMILES string of the molecule is COC(=O)c1ccc(C2=CC[C@]3(C)[C@H]4CC[C@@H]5[C@H]6[C@H](C7(C)CO7)CC[C@]6(NC(=O)OC(C)(C)C)CC[C@@]5(C)[C@]4(C)CC[C@H]3C2(C)C)cc1F. The molecule has 0 aromatic heterocycles. The second-order valence-corrected chi connectivity index (χ2v) is 19.5. The van der Waals surface area contributed by atoms with Crippen molar-refractivity contribution in [2.45, 2.75) is 137 Å². The fourth-order valence-corrected chi connectivity index (χ4v) is 13.4. The Hall–Kier alpha value is -2.41. The first kappa shape index (κ1) is 35.0. The molecule has 1 unspecified atom stereocenters. The van der Waals surface area contributed by atoms with E-state index in [0.29, 0.717) is 29.6 Å². The molecule has 1 N–H and O–H groups in total. The summed E-state index contributed by atoms with van der Waals surface area (Å²) in [6.45, 7) is 21.5. The molecule has 0 bridgehead atoms. The van der Waals surface area contributed by atoms with E-state index in [1.54, 1.807) is 6.07 Å². The average molecular weight is 678 g/mol. The number of halogens is 1. The molecule has 1 aromatic carbocycles. The molecule has 0 radical (unpaired) electrons. The van der Waals surface area contributed by atoms with Crippen LogP contribution in [0.2, 0.25) is 0 Å². The zero-order chi connectivity index (χ0) is 35.6. The van der Waals surface area contributed by atoms with Gasteiger partial charge >= 0.3 is 12.1 Å². The third-order valence-electron chi connectivity index (χ3n) is 15.8. The smallest absolute Gasteiger partial charge is 0.408 e. The summed E-state index contributed by atoms with van der Waals surface area (Å²) in [5.74, 6) is 1.15. The summed E-state index contributed by atoms with van der Waals surface area (Å²) in [6.07, 6.45) is 12.0. The minimum absolute atomic E-state index is 0.0201. The van der Waals surface area contributed by atoms with Gasteiger partial charge in [0.15, 0.2) is 0 Å². The molecule has 7 heteroatoms. The van der Waals surface area contributed by atoms with Crippen LogP contribution in [0.25, 0.3) is 5.57 Å². The minimum atomic E-state index is -0.646. The van der Waals surface area contributed by atoms with Crippen LogP contribution in [0.15, 0.2) is 24.3 Å². The van der Waals surface area contributed by atoms with Crippen LogP contribution in [-0.4, -0.2) is 42.5 Å². The van der Waals surface area contributed by atoms with Crippen molar-refractivity contribution in [2.75, 3.05) is 13.7 Å². The van der Waals surface area contributed by atoms with E-state index in [0.717, 1.165) is 50.7 Å². The summed E-state index contributed by atoms with van der Waals surface area (Å²) in [7, 11) is 1.28. The van der Waals surface area contributed by atoms with Crippen molar-refractivity contribution in [1.82, 2.24) is 5.32 Å². The van der Waals surface area contributed by atoms with Crippen molar-refractivity contribution in [3.05, 3.63) is 41.2 Å². The molecule has 1 saturated heterocycles. The van der Waals surface area contributed by atoms with Gasteiger partial charge in [0, 0.05) is 5.54 Å². The number of rotatable bonds is 4. The van der Waals surface area contributed by atoms with Crippen LogP contribution >= 0.6 is 0 Å². The molecule has 4 saturated carbocycles. The molecule has 1 aliphatic heterocycles. The molecule has 1 aromatic rings. The summed E-state index contributed by atoms with van der Waals surface area (Å²) < 4.78 is 32.0. The Bertz CT molecular complexity index is 1570. The molecule has 0 spiro atoms. The molecular formula is C42H60FNO5.